The van der Waals surface area contributed by atoms with E-state index in [1.165, 1.54) is 0 Å². The van der Waals surface area contributed by atoms with Crippen LogP contribution in [-0.2, 0) is 16.0 Å². The van der Waals surface area contributed by atoms with Crippen LogP contribution in [0.25, 0.3) is 11.0 Å². The number of carbonyl (C=O) groups excluding carboxylic acids is 1. The fraction of sp³-hybridized carbons (Fsp3) is 0.550. The zero-order chi connectivity index (χ0) is 19.6. The van der Waals surface area contributed by atoms with Gasteiger partial charge >= 0.3 is 5.97 Å². The SMILES string of the molecule is CC(C)CC[C@@]1(C(=O)O)CN(C(=O)Cc2noc3ccccc23)CC[C@H]1O. The van der Waals surface area contributed by atoms with E-state index in [1.807, 2.05) is 32.0 Å². The predicted molar refractivity (Wildman–Crippen MR) is 99.1 cm³/mol. The van der Waals surface area contributed by atoms with E-state index < -0.39 is 17.5 Å². The lowest BCUT2D eigenvalue weighted by molar-refractivity contribution is -0.167. The summed E-state index contributed by atoms with van der Waals surface area (Å²) in [6.07, 6.45) is 0.380. The highest BCUT2D eigenvalue weighted by molar-refractivity contribution is 5.87. The number of hydrogen-bond acceptors (Lipinski definition) is 5. The van der Waals surface area contributed by atoms with Crippen LogP contribution in [0.2, 0.25) is 0 Å². The number of nitrogens with zero attached hydrogens (tertiary/aromatic N) is 2. The maximum atomic E-state index is 12.8. The Morgan fingerprint density at radius 3 is 2.81 bits per heavy atom. The lowest BCUT2D eigenvalue weighted by atomic mass is 9.72. The molecule has 7 nitrogen and oxygen atoms in total. The molecule has 0 aliphatic carbocycles. The third-order valence-electron chi connectivity index (χ3n) is 5.50. The number of para-hydroxylation sites is 1. The third-order valence-corrected chi connectivity index (χ3v) is 5.50. The van der Waals surface area contributed by atoms with Crippen LogP contribution < -0.4 is 0 Å². The highest BCUT2D eigenvalue weighted by atomic mass is 16.5. The lowest BCUT2D eigenvalue weighted by Crippen LogP contribution is -2.57. The smallest absolute Gasteiger partial charge is 0.314 e. The molecule has 0 unspecified atom stereocenters. The van der Waals surface area contributed by atoms with Gasteiger partial charge < -0.3 is 19.6 Å². The Morgan fingerprint density at radius 1 is 1.37 bits per heavy atom. The predicted octanol–water partition coefficient (Wildman–Crippen LogP) is 2.47. The second kappa shape index (κ2) is 7.68. The number of aliphatic hydroxyl groups is 1. The molecule has 1 aromatic carbocycles. The van der Waals surface area contributed by atoms with E-state index >= 15 is 0 Å². The summed E-state index contributed by atoms with van der Waals surface area (Å²) in [7, 11) is 0. The summed E-state index contributed by atoms with van der Waals surface area (Å²) >= 11 is 0. The summed E-state index contributed by atoms with van der Waals surface area (Å²) in [5, 5.41) is 25.1. The molecule has 0 radical (unpaired) electrons. The van der Waals surface area contributed by atoms with Crippen LogP contribution in [0.1, 0.15) is 38.8 Å². The highest BCUT2D eigenvalue weighted by Gasteiger charge is 2.49. The van der Waals surface area contributed by atoms with Gasteiger partial charge in [0.2, 0.25) is 5.91 Å². The number of aromatic nitrogens is 1. The number of rotatable bonds is 6. The van der Waals surface area contributed by atoms with Crippen LogP contribution in [0.3, 0.4) is 0 Å². The van der Waals surface area contributed by atoms with Crippen molar-refractivity contribution in [2.75, 3.05) is 13.1 Å². The first-order valence-electron chi connectivity index (χ1n) is 9.36. The Morgan fingerprint density at radius 2 is 2.11 bits per heavy atom. The second-order valence-electron chi connectivity index (χ2n) is 7.82. The Kier molecular flexibility index (Phi) is 5.51. The molecule has 2 N–H and O–H groups in total. The number of carboxylic acids is 1. The van der Waals surface area contributed by atoms with Crippen molar-refractivity contribution in [1.29, 1.82) is 0 Å². The molecule has 0 bridgehead atoms. The number of likely N-dealkylation sites (tertiary alicyclic amines) is 1. The van der Waals surface area contributed by atoms with Crippen molar-refractivity contribution in [2.24, 2.45) is 11.3 Å². The average Bonchev–Trinajstić information content (AvgIpc) is 3.04. The molecule has 146 valence electrons. The molecule has 1 aliphatic rings. The maximum Gasteiger partial charge on any atom is 0.314 e. The van der Waals surface area contributed by atoms with Crippen LogP contribution in [0, 0.1) is 11.3 Å². The Bertz CT molecular complexity index is 831. The largest absolute Gasteiger partial charge is 0.481 e. The van der Waals surface area contributed by atoms with E-state index in [-0.39, 0.29) is 25.3 Å². The van der Waals surface area contributed by atoms with Crippen molar-refractivity contribution in [3.63, 3.8) is 0 Å². The number of hydrogen-bond donors (Lipinski definition) is 2. The number of aliphatic carboxylic acids is 1. The number of carbonyl (C=O) groups is 2. The van der Waals surface area contributed by atoms with Gasteiger partial charge in [0, 0.05) is 18.5 Å². The summed E-state index contributed by atoms with van der Waals surface area (Å²) in [6.45, 7) is 4.39. The van der Waals surface area contributed by atoms with Crippen molar-refractivity contribution >= 4 is 22.8 Å². The summed E-state index contributed by atoms with van der Waals surface area (Å²) < 4.78 is 5.24. The maximum absolute atomic E-state index is 12.8. The third kappa shape index (κ3) is 3.83. The fourth-order valence-corrected chi connectivity index (χ4v) is 3.72. The van der Waals surface area contributed by atoms with Gasteiger partial charge in [0.15, 0.2) is 5.58 Å². The van der Waals surface area contributed by atoms with E-state index in [4.69, 9.17) is 4.52 Å². The molecule has 1 saturated heterocycles. The van der Waals surface area contributed by atoms with E-state index in [0.29, 0.717) is 36.6 Å². The molecule has 1 aromatic heterocycles. The summed E-state index contributed by atoms with van der Waals surface area (Å²) in [5.74, 6) is -0.919. The molecular formula is C20H26N2O5. The standard InChI is InChI=1S/C20H26N2O5/c1-13(2)7-9-20(19(25)26)12-22(10-8-17(20)23)18(24)11-15-14-5-3-4-6-16(14)27-21-15/h3-6,13,17,23H,7-12H2,1-2H3,(H,25,26)/t17-,20-/m1/s1. The molecule has 3 rings (SSSR count). The van der Waals surface area contributed by atoms with Gasteiger partial charge in [0.1, 0.15) is 11.1 Å². The quantitative estimate of drug-likeness (QED) is 0.805. The van der Waals surface area contributed by atoms with E-state index in [1.54, 1.807) is 11.0 Å². The molecule has 27 heavy (non-hydrogen) atoms. The zero-order valence-electron chi connectivity index (χ0n) is 15.7. The second-order valence-corrected chi connectivity index (χ2v) is 7.82. The van der Waals surface area contributed by atoms with Crippen molar-refractivity contribution in [3.05, 3.63) is 30.0 Å². The Hall–Kier alpha value is -2.41. The number of fused-ring (bicyclic) bond motifs is 1. The lowest BCUT2D eigenvalue weighted by Gasteiger charge is -2.43. The molecule has 0 saturated carbocycles. The van der Waals surface area contributed by atoms with Gasteiger partial charge in [-0.25, -0.2) is 0 Å². The van der Waals surface area contributed by atoms with Crippen molar-refractivity contribution in [2.45, 2.75) is 45.6 Å². The van der Waals surface area contributed by atoms with Crippen LogP contribution in [0.15, 0.2) is 28.8 Å². The first-order chi connectivity index (χ1) is 12.8. The fourth-order valence-electron chi connectivity index (χ4n) is 3.72. The number of carboxylic acid groups (broad SMARTS) is 1. The van der Waals surface area contributed by atoms with E-state index in [0.717, 1.165) is 5.39 Å². The number of benzene rings is 1. The molecule has 2 heterocycles. The van der Waals surface area contributed by atoms with Gasteiger partial charge in [-0.15, -0.1) is 0 Å². The molecule has 1 aliphatic heterocycles. The Balaban J connectivity index is 1.77. The summed E-state index contributed by atoms with van der Waals surface area (Å²) in [6, 6.07) is 7.32. The van der Waals surface area contributed by atoms with Gasteiger partial charge in [0.05, 0.1) is 12.5 Å². The van der Waals surface area contributed by atoms with Crippen LogP contribution in [-0.4, -0.2) is 51.3 Å². The van der Waals surface area contributed by atoms with Gasteiger partial charge in [-0.3, -0.25) is 9.59 Å². The molecule has 1 amide bonds. The summed E-state index contributed by atoms with van der Waals surface area (Å²) in [5.41, 5.74) is -0.152. The molecule has 2 aromatic rings. The monoisotopic (exact) mass is 374 g/mol. The molecule has 7 heteroatoms. The van der Waals surface area contributed by atoms with Crippen LogP contribution >= 0.6 is 0 Å². The summed E-state index contributed by atoms with van der Waals surface area (Å²) in [4.78, 5) is 26.4. The first-order valence-corrected chi connectivity index (χ1v) is 9.36. The number of piperidine rings is 1. The molecule has 2 atom stereocenters. The van der Waals surface area contributed by atoms with E-state index in [2.05, 4.69) is 5.16 Å². The average molecular weight is 374 g/mol. The van der Waals surface area contributed by atoms with Crippen molar-refractivity contribution in [3.8, 4) is 0 Å². The molecular weight excluding hydrogens is 348 g/mol. The molecule has 1 fully saturated rings. The van der Waals surface area contributed by atoms with Crippen molar-refractivity contribution < 1.29 is 24.3 Å². The number of amides is 1. The van der Waals surface area contributed by atoms with Gasteiger partial charge in [0.25, 0.3) is 0 Å². The van der Waals surface area contributed by atoms with Gasteiger partial charge in [-0.05, 0) is 37.3 Å². The Labute approximate surface area is 157 Å². The van der Waals surface area contributed by atoms with E-state index in [9.17, 15) is 19.8 Å². The van der Waals surface area contributed by atoms with Crippen molar-refractivity contribution in [1.82, 2.24) is 10.1 Å². The zero-order valence-corrected chi connectivity index (χ0v) is 15.7. The normalized spacial score (nSPS) is 23.1. The van der Waals surface area contributed by atoms with Crippen LogP contribution in [0.5, 0.6) is 0 Å². The number of aliphatic hydroxyl groups excluding tert-OH is 1. The topological polar surface area (TPSA) is 104 Å². The van der Waals surface area contributed by atoms with Gasteiger partial charge in [-0.1, -0.05) is 31.1 Å². The van der Waals surface area contributed by atoms with Crippen LogP contribution in [0.4, 0.5) is 0 Å². The highest BCUT2D eigenvalue weighted by Crippen LogP contribution is 2.37. The minimum absolute atomic E-state index is 0.0187. The minimum Gasteiger partial charge on any atom is -0.481 e. The van der Waals surface area contributed by atoms with Gasteiger partial charge in [-0.2, -0.15) is 0 Å². The first kappa shape index (κ1) is 19.4. The molecule has 0 spiro atoms. The minimum atomic E-state index is -1.32.